The third kappa shape index (κ3) is 5.21. The number of hydrogen-bond acceptors (Lipinski definition) is 5. The van der Waals surface area contributed by atoms with Crippen molar-refractivity contribution in [3.8, 4) is 0 Å². The molecule has 0 bridgehead atoms. The van der Waals surface area contributed by atoms with Gasteiger partial charge in [0.05, 0.1) is 5.60 Å². The van der Waals surface area contributed by atoms with Crippen molar-refractivity contribution >= 4 is 11.7 Å². The predicted octanol–water partition coefficient (Wildman–Crippen LogP) is 1.45. The molecule has 0 aliphatic rings. The third-order valence-electron chi connectivity index (χ3n) is 2.46. The fourth-order valence-corrected chi connectivity index (χ4v) is 1.55. The number of carbonyl (C=O) groups is 1. The van der Waals surface area contributed by atoms with Gasteiger partial charge in [0.15, 0.2) is 5.69 Å². The number of aromatic nitrogens is 2. The molecule has 6 heteroatoms. The first-order chi connectivity index (χ1) is 8.98. The van der Waals surface area contributed by atoms with Gasteiger partial charge in [0, 0.05) is 19.7 Å². The Balaban J connectivity index is 2.53. The highest BCUT2D eigenvalue weighted by molar-refractivity contribution is 5.92. The van der Waals surface area contributed by atoms with Gasteiger partial charge >= 0.3 is 0 Å². The molecule has 0 radical (unpaired) electrons. The van der Waals surface area contributed by atoms with Gasteiger partial charge in [-0.15, -0.1) is 10.2 Å². The molecule has 0 saturated heterocycles. The lowest BCUT2D eigenvalue weighted by atomic mass is 10.1. The topological polar surface area (TPSA) is 76.1 Å². The first kappa shape index (κ1) is 15.4. The molecule has 1 rings (SSSR count). The fraction of sp³-hybridized carbons (Fsp3) is 0.615. The summed E-state index contributed by atoms with van der Waals surface area (Å²) in [6.07, 6.45) is 0. The zero-order valence-corrected chi connectivity index (χ0v) is 12.0. The molecule has 0 unspecified atom stereocenters. The van der Waals surface area contributed by atoms with E-state index in [0.29, 0.717) is 24.7 Å². The van der Waals surface area contributed by atoms with Gasteiger partial charge in [0.25, 0.3) is 5.91 Å². The normalized spacial score (nSPS) is 11.2. The Labute approximate surface area is 113 Å². The van der Waals surface area contributed by atoms with Crippen molar-refractivity contribution in [2.24, 2.45) is 0 Å². The van der Waals surface area contributed by atoms with Gasteiger partial charge in [-0.25, -0.2) is 0 Å². The third-order valence-corrected chi connectivity index (χ3v) is 2.46. The zero-order chi connectivity index (χ0) is 14.3. The fourth-order valence-electron chi connectivity index (χ4n) is 1.55. The van der Waals surface area contributed by atoms with E-state index in [1.807, 2.05) is 27.7 Å². The van der Waals surface area contributed by atoms with Gasteiger partial charge in [0.2, 0.25) is 0 Å². The first-order valence-electron chi connectivity index (χ1n) is 6.48. The molecule has 0 spiro atoms. The minimum atomic E-state index is -0.387. The maximum absolute atomic E-state index is 11.9. The quantitative estimate of drug-likeness (QED) is 0.781. The molecule has 106 valence electrons. The minimum absolute atomic E-state index is 0.247. The van der Waals surface area contributed by atoms with Crippen LogP contribution in [0.2, 0.25) is 0 Å². The van der Waals surface area contributed by atoms with E-state index < -0.39 is 0 Å². The van der Waals surface area contributed by atoms with Gasteiger partial charge in [0.1, 0.15) is 5.82 Å². The van der Waals surface area contributed by atoms with E-state index in [-0.39, 0.29) is 11.5 Å². The van der Waals surface area contributed by atoms with E-state index >= 15 is 0 Å². The summed E-state index contributed by atoms with van der Waals surface area (Å²) >= 11 is 0. The number of ether oxygens (including phenoxy) is 1. The van der Waals surface area contributed by atoms with E-state index in [1.54, 1.807) is 12.1 Å². The van der Waals surface area contributed by atoms with Crippen LogP contribution in [0.5, 0.6) is 0 Å². The molecule has 1 aromatic rings. The summed E-state index contributed by atoms with van der Waals surface area (Å²) in [5.74, 6) is 0.414. The number of rotatable bonds is 7. The SMILES string of the molecule is CCNc1ccc(C(=O)NCC(C)(C)OCC)nn1. The molecule has 0 aromatic carbocycles. The van der Waals surface area contributed by atoms with Crippen molar-refractivity contribution in [1.82, 2.24) is 15.5 Å². The van der Waals surface area contributed by atoms with Crippen LogP contribution < -0.4 is 10.6 Å². The number of anilines is 1. The molecule has 1 aromatic heterocycles. The molecule has 0 saturated carbocycles. The van der Waals surface area contributed by atoms with E-state index in [0.717, 1.165) is 6.54 Å². The highest BCUT2D eigenvalue weighted by Crippen LogP contribution is 2.07. The van der Waals surface area contributed by atoms with Crippen LogP contribution in [-0.4, -0.2) is 41.4 Å². The Morgan fingerprint density at radius 2 is 2.05 bits per heavy atom. The Kier molecular flexibility index (Phi) is 5.69. The second kappa shape index (κ2) is 7.04. The summed E-state index contributed by atoms with van der Waals surface area (Å²) in [6, 6.07) is 3.38. The van der Waals surface area contributed by atoms with Gasteiger partial charge in [-0.1, -0.05) is 0 Å². The smallest absolute Gasteiger partial charge is 0.271 e. The van der Waals surface area contributed by atoms with E-state index in [1.165, 1.54) is 0 Å². The van der Waals surface area contributed by atoms with Crippen LogP contribution >= 0.6 is 0 Å². The van der Waals surface area contributed by atoms with Crippen molar-refractivity contribution in [3.63, 3.8) is 0 Å². The van der Waals surface area contributed by atoms with Gasteiger partial charge in [-0.2, -0.15) is 0 Å². The summed E-state index contributed by atoms with van der Waals surface area (Å²) in [5.41, 5.74) is -0.0874. The molecule has 1 heterocycles. The van der Waals surface area contributed by atoms with Crippen molar-refractivity contribution in [2.45, 2.75) is 33.3 Å². The Hall–Kier alpha value is -1.69. The molecule has 0 atom stereocenters. The summed E-state index contributed by atoms with van der Waals surface area (Å²) in [5, 5.41) is 13.6. The zero-order valence-electron chi connectivity index (χ0n) is 12.0. The Bertz CT molecular complexity index is 404. The second-order valence-corrected chi connectivity index (χ2v) is 4.71. The summed E-state index contributed by atoms with van der Waals surface area (Å²) in [7, 11) is 0. The molecule has 0 fully saturated rings. The molecule has 6 nitrogen and oxygen atoms in total. The van der Waals surface area contributed by atoms with Crippen LogP contribution in [0.15, 0.2) is 12.1 Å². The average Bonchev–Trinajstić information content (AvgIpc) is 2.37. The molecule has 1 amide bonds. The van der Waals surface area contributed by atoms with E-state index in [4.69, 9.17) is 4.74 Å². The number of amides is 1. The monoisotopic (exact) mass is 266 g/mol. The van der Waals surface area contributed by atoms with E-state index in [2.05, 4.69) is 20.8 Å². The molecular formula is C13H22N4O2. The number of hydrogen-bond donors (Lipinski definition) is 2. The van der Waals surface area contributed by atoms with Crippen LogP contribution in [0, 0.1) is 0 Å². The Morgan fingerprint density at radius 3 is 2.58 bits per heavy atom. The van der Waals surface area contributed by atoms with Crippen LogP contribution in [0.3, 0.4) is 0 Å². The van der Waals surface area contributed by atoms with Crippen molar-refractivity contribution < 1.29 is 9.53 Å². The van der Waals surface area contributed by atoms with Gasteiger partial charge in [-0.3, -0.25) is 4.79 Å². The summed E-state index contributed by atoms with van der Waals surface area (Å²) in [4.78, 5) is 11.9. The molecule has 19 heavy (non-hydrogen) atoms. The highest BCUT2D eigenvalue weighted by Gasteiger charge is 2.19. The molecule has 0 aliphatic carbocycles. The van der Waals surface area contributed by atoms with Crippen molar-refractivity contribution in [2.75, 3.05) is 25.0 Å². The van der Waals surface area contributed by atoms with Crippen LogP contribution in [-0.2, 0) is 4.74 Å². The van der Waals surface area contributed by atoms with Gasteiger partial charge < -0.3 is 15.4 Å². The lowest BCUT2D eigenvalue weighted by Crippen LogP contribution is -2.40. The van der Waals surface area contributed by atoms with Gasteiger partial charge in [-0.05, 0) is 39.8 Å². The number of nitrogens with one attached hydrogen (secondary N) is 2. The maximum atomic E-state index is 11.9. The molecular weight excluding hydrogens is 244 g/mol. The second-order valence-electron chi connectivity index (χ2n) is 4.71. The minimum Gasteiger partial charge on any atom is -0.374 e. The van der Waals surface area contributed by atoms with Crippen LogP contribution in [0.25, 0.3) is 0 Å². The largest absolute Gasteiger partial charge is 0.374 e. The number of carbonyl (C=O) groups excluding carboxylic acids is 1. The highest BCUT2D eigenvalue weighted by atomic mass is 16.5. The van der Waals surface area contributed by atoms with E-state index in [9.17, 15) is 4.79 Å². The predicted molar refractivity (Wildman–Crippen MR) is 74.2 cm³/mol. The van der Waals surface area contributed by atoms with Crippen LogP contribution in [0.4, 0.5) is 5.82 Å². The number of nitrogens with zero attached hydrogens (tertiary/aromatic N) is 2. The Morgan fingerprint density at radius 1 is 1.32 bits per heavy atom. The van der Waals surface area contributed by atoms with Crippen molar-refractivity contribution in [1.29, 1.82) is 0 Å². The lowest BCUT2D eigenvalue weighted by molar-refractivity contribution is -0.00819. The van der Waals surface area contributed by atoms with Crippen molar-refractivity contribution in [3.05, 3.63) is 17.8 Å². The lowest BCUT2D eigenvalue weighted by Gasteiger charge is -2.24. The molecule has 0 aliphatic heterocycles. The maximum Gasteiger partial charge on any atom is 0.271 e. The molecule has 2 N–H and O–H groups in total. The standard InChI is InChI=1S/C13H22N4O2/c1-5-14-11-8-7-10(16-17-11)12(18)15-9-13(3,4)19-6-2/h7-8H,5-6,9H2,1-4H3,(H,14,17)(H,15,18). The first-order valence-corrected chi connectivity index (χ1v) is 6.48. The summed E-state index contributed by atoms with van der Waals surface area (Å²) in [6.45, 7) is 9.55. The average molecular weight is 266 g/mol. The summed E-state index contributed by atoms with van der Waals surface area (Å²) < 4.78 is 5.51. The van der Waals surface area contributed by atoms with Crippen LogP contribution in [0.1, 0.15) is 38.2 Å².